The number of hydrogen-bond donors (Lipinski definition) is 2. The van der Waals surface area contributed by atoms with Crippen LogP contribution in [0.25, 0.3) is 10.9 Å². The molecule has 0 spiro atoms. The molecule has 8 heteroatoms. The van der Waals surface area contributed by atoms with E-state index in [0.717, 1.165) is 37.0 Å². The highest BCUT2D eigenvalue weighted by molar-refractivity contribution is 5.92. The van der Waals surface area contributed by atoms with Crippen molar-refractivity contribution in [3.8, 4) is 11.5 Å². The summed E-state index contributed by atoms with van der Waals surface area (Å²) in [6, 6.07) is 9.24. The Balaban J connectivity index is 1.50. The Hall–Kier alpha value is -3.26. The van der Waals surface area contributed by atoms with Gasteiger partial charge in [-0.1, -0.05) is 0 Å². The summed E-state index contributed by atoms with van der Waals surface area (Å²) in [7, 11) is 1.56. The molecule has 8 nitrogen and oxygen atoms in total. The van der Waals surface area contributed by atoms with Gasteiger partial charge in [-0.05, 0) is 37.1 Å². The van der Waals surface area contributed by atoms with Crippen molar-refractivity contribution in [3.05, 3.63) is 48.4 Å². The minimum atomic E-state index is -0.262. The van der Waals surface area contributed by atoms with Gasteiger partial charge in [-0.2, -0.15) is 0 Å². The number of rotatable bonds is 5. The number of benzene rings is 1. The van der Waals surface area contributed by atoms with Gasteiger partial charge in [0.2, 0.25) is 5.95 Å². The fraction of sp³-hybridized carbons (Fsp3) is 0.300. The molecule has 2 aromatic heterocycles. The summed E-state index contributed by atoms with van der Waals surface area (Å²) in [6.07, 6.45) is 5.23. The molecule has 0 bridgehead atoms. The molecule has 2 N–H and O–H groups in total. The zero-order chi connectivity index (χ0) is 19.3. The van der Waals surface area contributed by atoms with Crippen molar-refractivity contribution in [1.82, 2.24) is 20.3 Å². The molecule has 0 atom stereocenters. The normalized spacial score (nSPS) is 14.6. The van der Waals surface area contributed by atoms with Crippen LogP contribution in [0.2, 0.25) is 0 Å². The second kappa shape index (κ2) is 8.18. The van der Waals surface area contributed by atoms with Crippen LogP contribution in [0.1, 0.15) is 23.3 Å². The maximum atomic E-state index is 11.7. The molecular formula is C20H21N5O3. The molecule has 0 unspecified atom stereocenters. The standard InChI is InChI=1S/C20H21N5O3/c1-21-19(26)18-11-16(4-7-22-18)28-15-2-3-17-13(10-15)12-23-20(25-17)24-14-5-8-27-9-6-14/h2-4,7,10-12,14H,5-6,8-9H2,1H3,(H,21,26)(H,23,24,25). The Morgan fingerprint density at radius 3 is 2.79 bits per heavy atom. The van der Waals surface area contributed by atoms with Gasteiger partial charge in [-0.25, -0.2) is 9.97 Å². The number of fused-ring (bicyclic) bond motifs is 1. The van der Waals surface area contributed by atoms with Crippen molar-refractivity contribution in [2.75, 3.05) is 25.6 Å². The minimum Gasteiger partial charge on any atom is -0.457 e. The summed E-state index contributed by atoms with van der Waals surface area (Å²) in [5.74, 6) is 1.53. The number of hydrogen-bond acceptors (Lipinski definition) is 7. The van der Waals surface area contributed by atoms with Crippen molar-refractivity contribution < 1.29 is 14.3 Å². The second-order valence-electron chi connectivity index (χ2n) is 6.50. The molecule has 28 heavy (non-hydrogen) atoms. The fourth-order valence-electron chi connectivity index (χ4n) is 3.03. The fourth-order valence-corrected chi connectivity index (χ4v) is 3.03. The highest BCUT2D eigenvalue weighted by atomic mass is 16.5. The van der Waals surface area contributed by atoms with E-state index in [2.05, 4.69) is 25.6 Å². The van der Waals surface area contributed by atoms with Gasteiger partial charge in [0.05, 0.1) is 5.52 Å². The van der Waals surface area contributed by atoms with Gasteiger partial charge >= 0.3 is 0 Å². The average Bonchev–Trinajstić information content (AvgIpc) is 2.74. The van der Waals surface area contributed by atoms with Crippen LogP contribution in [0.15, 0.2) is 42.7 Å². The molecule has 3 aromatic rings. The lowest BCUT2D eigenvalue weighted by Gasteiger charge is -2.23. The largest absolute Gasteiger partial charge is 0.457 e. The lowest BCUT2D eigenvalue weighted by Crippen LogP contribution is -2.28. The molecule has 1 aliphatic heterocycles. The Morgan fingerprint density at radius 1 is 1.14 bits per heavy atom. The van der Waals surface area contributed by atoms with E-state index in [4.69, 9.17) is 9.47 Å². The van der Waals surface area contributed by atoms with Crippen LogP contribution in [0.4, 0.5) is 5.95 Å². The lowest BCUT2D eigenvalue weighted by molar-refractivity contribution is 0.0903. The Kier molecular flexibility index (Phi) is 5.29. The van der Waals surface area contributed by atoms with Gasteiger partial charge in [0.25, 0.3) is 5.91 Å². The van der Waals surface area contributed by atoms with Crippen molar-refractivity contribution in [2.24, 2.45) is 0 Å². The molecule has 0 aliphatic carbocycles. The maximum Gasteiger partial charge on any atom is 0.269 e. The van der Waals surface area contributed by atoms with Crippen LogP contribution >= 0.6 is 0 Å². The van der Waals surface area contributed by atoms with Crippen LogP contribution in [-0.4, -0.2) is 47.2 Å². The number of carbonyl (C=O) groups is 1. The van der Waals surface area contributed by atoms with Crippen molar-refractivity contribution >= 4 is 22.8 Å². The topological polar surface area (TPSA) is 98.3 Å². The van der Waals surface area contributed by atoms with Gasteiger partial charge in [-0.3, -0.25) is 9.78 Å². The maximum absolute atomic E-state index is 11.7. The van der Waals surface area contributed by atoms with Crippen LogP contribution in [0.5, 0.6) is 11.5 Å². The molecule has 3 heterocycles. The van der Waals surface area contributed by atoms with Crippen molar-refractivity contribution in [2.45, 2.75) is 18.9 Å². The molecular weight excluding hydrogens is 358 g/mol. The van der Waals surface area contributed by atoms with E-state index in [-0.39, 0.29) is 5.91 Å². The number of ether oxygens (including phenoxy) is 2. The number of aromatic nitrogens is 3. The lowest BCUT2D eigenvalue weighted by atomic mass is 10.1. The first-order valence-electron chi connectivity index (χ1n) is 9.18. The van der Waals surface area contributed by atoms with E-state index < -0.39 is 0 Å². The first kappa shape index (κ1) is 18.1. The summed E-state index contributed by atoms with van der Waals surface area (Å²) in [4.78, 5) is 24.7. The van der Waals surface area contributed by atoms with Crippen LogP contribution in [-0.2, 0) is 4.74 Å². The van der Waals surface area contributed by atoms with Crippen LogP contribution < -0.4 is 15.4 Å². The third-order valence-corrected chi connectivity index (χ3v) is 4.53. The number of carbonyl (C=O) groups excluding carboxylic acids is 1. The van der Waals surface area contributed by atoms with Crippen molar-refractivity contribution in [3.63, 3.8) is 0 Å². The van der Waals surface area contributed by atoms with Gasteiger partial charge < -0.3 is 20.1 Å². The summed E-state index contributed by atoms with van der Waals surface area (Å²) in [5, 5.41) is 6.79. The number of nitrogens with zero attached hydrogens (tertiary/aromatic N) is 3. The molecule has 144 valence electrons. The molecule has 1 aromatic carbocycles. The molecule has 1 amide bonds. The molecule has 1 fully saturated rings. The first-order valence-corrected chi connectivity index (χ1v) is 9.18. The smallest absolute Gasteiger partial charge is 0.269 e. The average molecular weight is 379 g/mol. The van der Waals surface area contributed by atoms with Gasteiger partial charge in [0, 0.05) is 50.1 Å². The van der Waals surface area contributed by atoms with Crippen LogP contribution in [0, 0.1) is 0 Å². The third-order valence-electron chi connectivity index (χ3n) is 4.53. The summed E-state index contributed by atoms with van der Waals surface area (Å²) < 4.78 is 11.2. The van der Waals surface area contributed by atoms with E-state index in [1.54, 1.807) is 25.4 Å². The van der Waals surface area contributed by atoms with Gasteiger partial charge in [-0.15, -0.1) is 0 Å². The van der Waals surface area contributed by atoms with E-state index >= 15 is 0 Å². The predicted octanol–water partition coefficient (Wildman–Crippen LogP) is 2.77. The Bertz CT molecular complexity index is 988. The zero-order valence-electron chi connectivity index (χ0n) is 15.5. The van der Waals surface area contributed by atoms with E-state index in [9.17, 15) is 4.79 Å². The van der Waals surface area contributed by atoms with E-state index in [1.165, 1.54) is 6.20 Å². The summed E-state index contributed by atoms with van der Waals surface area (Å²) in [6.45, 7) is 1.53. The Morgan fingerprint density at radius 2 is 1.96 bits per heavy atom. The molecule has 4 rings (SSSR count). The van der Waals surface area contributed by atoms with Gasteiger partial charge in [0.15, 0.2) is 0 Å². The second-order valence-corrected chi connectivity index (χ2v) is 6.50. The Labute approximate surface area is 162 Å². The van der Waals surface area contributed by atoms with Crippen LogP contribution in [0.3, 0.4) is 0 Å². The number of pyridine rings is 1. The van der Waals surface area contributed by atoms with Gasteiger partial charge in [0.1, 0.15) is 17.2 Å². The first-order chi connectivity index (χ1) is 13.7. The predicted molar refractivity (Wildman–Crippen MR) is 105 cm³/mol. The van der Waals surface area contributed by atoms with E-state index in [1.807, 2.05) is 18.2 Å². The zero-order valence-corrected chi connectivity index (χ0v) is 15.5. The molecule has 1 saturated heterocycles. The molecule has 0 radical (unpaired) electrons. The molecule has 0 saturated carbocycles. The quantitative estimate of drug-likeness (QED) is 0.703. The molecule has 1 aliphatic rings. The van der Waals surface area contributed by atoms with E-state index in [0.29, 0.717) is 29.2 Å². The third kappa shape index (κ3) is 4.17. The highest BCUT2D eigenvalue weighted by Gasteiger charge is 2.14. The SMILES string of the molecule is CNC(=O)c1cc(Oc2ccc3nc(NC4CCOCC4)ncc3c2)ccn1. The summed E-state index contributed by atoms with van der Waals surface area (Å²) in [5.41, 5.74) is 1.13. The number of amides is 1. The minimum absolute atomic E-state index is 0.262. The number of nitrogens with one attached hydrogen (secondary N) is 2. The monoisotopic (exact) mass is 379 g/mol. The van der Waals surface area contributed by atoms with Crippen molar-refractivity contribution in [1.29, 1.82) is 0 Å². The highest BCUT2D eigenvalue weighted by Crippen LogP contribution is 2.25. The number of anilines is 1. The summed E-state index contributed by atoms with van der Waals surface area (Å²) >= 11 is 0.